The average molecular weight is 336 g/mol. The maximum Gasteiger partial charge on any atom is 0.229 e. The van der Waals surface area contributed by atoms with Crippen LogP contribution in [-0.4, -0.2) is 36.7 Å². The Bertz CT molecular complexity index is 694. The Morgan fingerprint density at radius 2 is 2.04 bits per heavy atom. The third-order valence-corrected chi connectivity index (χ3v) is 4.53. The summed E-state index contributed by atoms with van der Waals surface area (Å²) >= 11 is 0. The third kappa shape index (κ3) is 3.82. The van der Waals surface area contributed by atoms with E-state index >= 15 is 0 Å². The normalized spacial score (nSPS) is 16.7. The highest BCUT2D eigenvalue weighted by Gasteiger charge is 2.22. The minimum Gasteiger partial charge on any atom is -0.441 e. The van der Waals surface area contributed by atoms with Crippen LogP contribution < -0.4 is 0 Å². The Kier molecular flexibility index (Phi) is 5.26. The molecule has 4 nitrogen and oxygen atoms in total. The zero-order valence-corrected chi connectivity index (χ0v) is 14.0. The van der Waals surface area contributed by atoms with E-state index in [4.69, 9.17) is 9.15 Å². The van der Waals surface area contributed by atoms with E-state index in [-0.39, 0.29) is 11.5 Å². The van der Waals surface area contributed by atoms with Gasteiger partial charge in [-0.05, 0) is 57.0 Å². The van der Waals surface area contributed by atoms with E-state index < -0.39 is 11.6 Å². The van der Waals surface area contributed by atoms with Gasteiger partial charge in [0.1, 0.15) is 17.4 Å². The van der Waals surface area contributed by atoms with Gasteiger partial charge in [-0.3, -0.25) is 4.90 Å². The first-order valence-corrected chi connectivity index (χ1v) is 8.20. The number of oxazole rings is 1. The van der Waals surface area contributed by atoms with Crippen molar-refractivity contribution in [1.82, 2.24) is 9.88 Å². The van der Waals surface area contributed by atoms with Gasteiger partial charge in [-0.1, -0.05) is 0 Å². The van der Waals surface area contributed by atoms with Crippen LogP contribution in [0.5, 0.6) is 0 Å². The zero-order valence-electron chi connectivity index (χ0n) is 14.0. The number of nitrogens with zero attached hydrogens (tertiary/aromatic N) is 2. The molecule has 0 radical (unpaired) electrons. The van der Waals surface area contributed by atoms with E-state index in [1.54, 1.807) is 14.0 Å². The third-order valence-electron chi connectivity index (χ3n) is 4.53. The van der Waals surface area contributed by atoms with Crippen LogP contribution in [0.4, 0.5) is 8.78 Å². The summed E-state index contributed by atoms with van der Waals surface area (Å²) in [6.45, 7) is 5.22. The number of piperidine rings is 1. The van der Waals surface area contributed by atoms with E-state index in [0.29, 0.717) is 18.2 Å². The predicted molar refractivity (Wildman–Crippen MR) is 86.5 cm³/mol. The highest BCUT2D eigenvalue weighted by Crippen LogP contribution is 2.27. The lowest BCUT2D eigenvalue weighted by molar-refractivity contribution is 0.0962. The van der Waals surface area contributed by atoms with Crippen molar-refractivity contribution < 1.29 is 17.9 Å². The van der Waals surface area contributed by atoms with E-state index in [2.05, 4.69) is 9.88 Å². The smallest absolute Gasteiger partial charge is 0.229 e. The lowest BCUT2D eigenvalue weighted by atomic mass is 9.98. The van der Waals surface area contributed by atoms with Crippen molar-refractivity contribution in [2.75, 3.05) is 26.8 Å². The fourth-order valence-corrected chi connectivity index (χ4v) is 3.11. The van der Waals surface area contributed by atoms with Crippen LogP contribution in [0.3, 0.4) is 0 Å². The molecule has 1 aliphatic heterocycles. The maximum atomic E-state index is 13.9. The lowest BCUT2D eigenvalue weighted by Gasteiger charge is -2.31. The van der Waals surface area contributed by atoms with Gasteiger partial charge in [-0.25, -0.2) is 13.8 Å². The molecular formula is C18H22F2N2O2. The first-order valence-electron chi connectivity index (χ1n) is 8.20. The van der Waals surface area contributed by atoms with E-state index in [9.17, 15) is 8.78 Å². The second-order valence-corrected chi connectivity index (χ2v) is 6.32. The number of ether oxygens (including phenoxy) is 1. The minimum atomic E-state index is -0.537. The van der Waals surface area contributed by atoms with Crippen molar-refractivity contribution in [2.24, 2.45) is 5.92 Å². The first-order chi connectivity index (χ1) is 11.6. The summed E-state index contributed by atoms with van der Waals surface area (Å²) in [4.78, 5) is 6.70. The molecule has 1 aromatic carbocycles. The van der Waals surface area contributed by atoms with Gasteiger partial charge in [0.25, 0.3) is 0 Å². The summed E-state index contributed by atoms with van der Waals surface area (Å²) in [5.41, 5.74) is 0.835. The largest absolute Gasteiger partial charge is 0.441 e. The molecular weight excluding hydrogens is 314 g/mol. The summed E-state index contributed by atoms with van der Waals surface area (Å²) in [6.07, 6.45) is 2.19. The molecule has 1 saturated heterocycles. The Hall–Kier alpha value is -1.79. The molecule has 0 bridgehead atoms. The molecule has 1 aromatic heterocycles. The molecule has 24 heavy (non-hydrogen) atoms. The molecule has 6 heteroatoms. The van der Waals surface area contributed by atoms with Crippen LogP contribution in [0.15, 0.2) is 22.6 Å². The van der Waals surface area contributed by atoms with Gasteiger partial charge < -0.3 is 9.15 Å². The van der Waals surface area contributed by atoms with Gasteiger partial charge in [0.2, 0.25) is 5.89 Å². The number of hydrogen-bond donors (Lipinski definition) is 0. The van der Waals surface area contributed by atoms with Crippen molar-refractivity contribution in [3.63, 3.8) is 0 Å². The quantitative estimate of drug-likeness (QED) is 0.833. The summed E-state index contributed by atoms with van der Waals surface area (Å²) < 4.78 is 38.0. The molecule has 0 N–H and O–H groups in total. The number of benzene rings is 1. The van der Waals surface area contributed by atoms with Gasteiger partial charge in [0.05, 0.1) is 11.3 Å². The summed E-state index contributed by atoms with van der Waals surface area (Å²) in [5, 5.41) is 0. The van der Waals surface area contributed by atoms with Gasteiger partial charge >= 0.3 is 0 Å². The number of methoxy groups -OCH3 is 1. The standard InChI is InChI=1S/C18H22F2N2O2/c1-12-17(10-22-7-5-13(6-8-22)11-23-2)21-18(24-12)15-9-14(19)3-4-16(15)20/h3-4,9,13H,5-8,10-11H2,1-2H3. The van der Waals surface area contributed by atoms with Crippen LogP contribution in [0, 0.1) is 24.5 Å². The van der Waals surface area contributed by atoms with E-state index in [1.807, 2.05) is 0 Å². The second-order valence-electron chi connectivity index (χ2n) is 6.32. The predicted octanol–water partition coefficient (Wildman–Crippen LogP) is 3.79. The maximum absolute atomic E-state index is 13.9. The van der Waals surface area contributed by atoms with E-state index in [1.165, 1.54) is 0 Å². The Morgan fingerprint density at radius 1 is 1.29 bits per heavy atom. The molecule has 1 fully saturated rings. The van der Waals surface area contributed by atoms with Crippen molar-refractivity contribution in [3.8, 4) is 11.5 Å². The van der Waals surface area contributed by atoms with E-state index in [0.717, 1.165) is 56.4 Å². The van der Waals surface area contributed by atoms with Crippen LogP contribution in [0.25, 0.3) is 11.5 Å². The fourth-order valence-electron chi connectivity index (χ4n) is 3.11. The molecule has 0 atom stereocenters. The van der Waals surface area contributed by atoms with Crippen molar-refractivity contribution in [3.05, 3.63) is 41.3 Å². The number of aryl methyl sites for hydroxylation is 1. The first kappa shape index (κ1) is 17.0. The van der Waals surface area contributed by atoms with Crippen LogP contribution in [-0.2, 0) is 11.3 Å². The fraction of sp³-hybridized carbons (Fsp3) is 0.500. The molecule has 0 spiro atoms. The summed E-state index contributed by atoms with van der Waals surface area (Å²) in [5.74, 6) is 0.344. The monoisotopic (exact) mass is 336 g/mol. The SMILES string of the molecule is COCC1CCN(Cc2nc(-c3cc(F)ccc3F)oc2C)CC1. The van der Waals surface area contributed by atoms with Crippen molar-refractivity contribution in [1.29, 1.82) is 0 Å². The Labute approximate surface area is 140 Å². The van der Waals surface area contributed by atoms with Crippen LogP contribution >= 0.6 is 0 Å². The number of aromatic nitrogens is 1. The second kappa shape index (κ2) is 7.40. The van der Waals surface area contributed by atoms with Crippen molar-refractivity contribution in [2.45, 2.75) is 26.3 Å². The molecule has 3 rings (SSSR count). The van der Waals surface area contributed by atoms with Crippen LogP contribution in [0.2, 0.25) is 0 Å². The molecule has 1 aliphatic rings. The van der Waals surface area contributed by atoms with Gasteiger partial charge in [-0.15, -0.1) is 0 Å². The highest BCUT2D eigenvalue weighted by molar-refractivity contribution is 5.54. The van der Waals surface area contributed by atoms with Gasteiger partial charge in [-0.2, -0.15) is 0 Å². The van der Waals surface area contributed by atoms with Gasteiger partial charge in [0.15, 0.2) is 0 Å². The zero-order chi connectivity index (χ0) is 17.1. The van der Waals surface area contributed by atoms with Crippen molar-refractivity contribution >= 4 is 0 Å². The molecule has 130 valence electrons. The molecule has 0 saturated carbocycles. The Morgan fingerprint density at radius 3 is 2.75 bits per heavy atom. The average Bonchev–Trinajstić information content (AvgIpc) is 2.92. The number of rotatable bonds is 5. The number of likely N-dealkylation sites (tertiary alicyclic amines) is 1. The highest BCUT2D eigenvalue weighted by atomic mass is 19.1. The molecule has 0 unspecified atom stereocenters. The number of halogens is 2. The molecule has 0 amide bonds. The Balaban J connectivity index is 1.70. The molecule has 0 aliphatic carbocycles. The summed E-state index contributed by atoms with van der Waals surface area (Å²) in [6, 6.07) is 3.28. The summed E-state index contributed by atoms with van der Waals surface area (Å²) in [7, 11) is 1.73. The molecule has 2 heterocycles. The lowest BCUT2D eigenvalue weighted by Crippen LogP contribution is -2.34. The van der Waals surface area contributed by atoms with Crippen LogP contribution in [0.1, 0.15) is 24.3 Å². The topological polar surface area (TPSA) is 38.5 Å². The minimum absolute atomic E-state index is 0.0585. The molecule has 2 aromatic rings. The van der Waals surface area contributed by atoms with Gasteiger partial charge in [0, 0.05) is 20.3 Å². The number of hydrogen-bond acceptors (Lipinski definition) is 4.